The predicted octanol–water partition coefficient (Wildman–Crippen LogP) is 7.04. The molecule has 7 aliphatic rings. The van der Waals surface area contributed by atoms with E-state index in [9.17, 15) is 23.5 Å². The van der Waals surface area contributed by atoms with Crippen LogP contribution in [0.4, 0.5) is 8.78 Å². The fourth-order valence-corrected chi connectivity index (χ4v) is 13.9. The summed E-state index contributed by atoms with van der Waals surface area (Å²) in [4.78, 5) is 28.3. The number of nitrogens with zero attached hydrogens (tertiary/aromatic N) is 2. The Kier molecular flexibility index (Phi) is 8.81. The summed E-state index contributed by atoms with van der Waals surface area (Å²) in [6.45, 7) is 16.8. The Hall–Kier alpha value is -2.14. The summed E-state index contributed by atoms with van der Waals surface area (Å²) in [6.07, 6.45) is 8.80. The number of benzene rings is 1. The van der Waals surface area contributed by atoms with Gasteiger partial charge < -0.3 is 29.1 Å². The number of amides is 2. The molecule has 2 spiro atoms. The van der Waals surface area contributed by atoms with E-state index in [1.807, 2.05) is 4.90 Å². The molecule has 1 N–H and O–H groups in total. The normalized spacial score (nSPS) is 43.8. The molecule has 2 heterocycles. The summed E-state index contributed by atoms with van der Waals surface area (Å²) >= 11 is 0. The predicted molar refractivity (Wildman–Crippen MR) is 189 cm³/mol. The van der Waals surface area contributed by atoms with E-state index < -0.39 is 17.7 Å². The van der Waals surface area contributed by atoms with Crippen LogP contribution in [0.2, 0.25) is 0 Å². The highest BCUT2D eigenvalue weighted by Crippen LogP contribution is 2.89. The van der Waals surface area contributed by atoms with Gasteiger partial charge in [-0.25, -0.2) is 8.78 Å². The van der Waals surface area contributed by atoms with Crippen LogP contribution >= 0.6 is 0 Å². The third kappa shape index (κ3) is 5.22. The molecule has 10 heteroatoms. The summed E-state index contributed by atoms with van der Waals surface area (Å²) < 4.78 is 47.5. The first-order valence-corrected chi connectivity index (χ1v) is 19.8. The molecular weight excluding hydrogens is 666 g/mol. The van der Waals surface area contributed by atoms with Gasteiger partial charge in [-0.15, -0.1) is 0 Å². The maximum Gasteiger partial charge on any atom is 0.219 e. The van der Waals surface area contributed by atoms with Crippen molar-refractivity contribution >= 4 is 11.8 Å². The molecule has 286 valence electrons. The quantitative estimate of drug-likeness (QED) is 0.339. The molecule has 52 heavy (non-hydrogen) atoms. The second-order valence-corrected chi connectivity index (χ2v) is 18.9. The second kappa shape index (κ2) is 12.4. The highest BCUT2D eigenvalue weighted by Gasteiger charge is 2.85. The van der Waals surface area contributed by atoms with Crippen LogP contribution in [0.15, 0.2) is 18.2 Å². The minimum absolute atomic E-state index is 0.0470. The number of fused-ring (bicyclic) bond motifs is 4. The van der Waals surface area contributed by atoms with Gasteiger partial charge in [0.05, 0.1) is 31.9 Å². The van der Waals surface area contributed by atoms with Gasteiger partial charge in [-0.3, -0.25) is 9.59 Å². The van der Waals surface area contributed by atoms with Gasteiger partial charge in [0.15, 0.2) is 6.29 Å². The fraction of sp³-hybridized carbons (Fsp3) is 0.762. The van der Waals surface area contributed by atoms with E-state index in [1.165, 1.54) is 31.9 Å². The first-order chi connectivity index (χ1) is 24.5. The topological polar surface area (TPSA) is 88.5 Å². The lowest BCUT2D eigenvalue weighted by Gasteiger charge is -2.63. The van der Waals surface area contributed by atoms with Gasteiger partial charge in [-0.05, 0) is 108 Å². The molecule has 0 aromatic heterocycles. The zero-order chi connectivity index (χ0) is 37.2. The van der Waals surface area contributed by atoms with Crippen LogP contribution in [-0.4, -0.2) is 71.5 Å². The summed E-state index contributed by atoms with van der Waals surface area (Å²) in [5.41, 5.74) is 0.286. The Morgan fingerprint density at radius 1 is 0.981 bits per heavy atom. The fourth-order valence-electron chi connectivity index (χ4n) is 13.9. The van der Waals surface area contributed by atoms with Crippen LogP contribution in [0.3, 0.4) is 0 Å². The number of carbonyl (C=O) groups excluding carboxylic acids is 2. The number of carbonyl (C=O) groups is 2. The van der Waals surface area contributed by atoms with Crippen molar-refractivity contribution in [3.8, 4) is 0 Å². The molecule has 2 radical (unpaired) electrons. The smallest absolute Gasteiger partial charge is 0.219 e. The maximum atomic E-state index is 14.0. The monoisotopic (exact) mass is 724 g/mol. The van der Waals surface area contributed by atoms with E-state index in [1.54, 1.807) is 11.8 Å². The van der Waals surface area contributed by atoms with Crippen molar-refractivity contribution in [1.82, 2.24) is 9.80 Å². The number of morpholine rings is 1. The van der Waals surface area contributed by atoms with Crippen molar-refractivity contribution in [3.05, 3.63) is 47.6 Å². The Morgan fingerprint density at radius 3 is 2.37 bits per heavy atom. The molecule has 1 aromatic carbocycles. The van der Waals surface area contributed by atoms with Crippen molar-refractivity contribution in [3.63, 3.8) is 0 Å². The average molecular weight is 725 g/mol. The minimum Gasteiger partial charge on any atom is -0.389 e. The molecule has 4 unspecified atom stereocenters. The number of ether oxygens (including phenoxy) is 3. The lowest BCUT2D eigenvalue weighted by atomic mass is 9.41. The Balaban J connectivity index is 1.00. The zero-order valence-corrected chi connectivity index (χ0v) is 32.1. The molecule has 2 aliphatic heterocycles. The van der Waals surface area contributed by atoms with Crippen LogP contribution in [0.25, 0.3) is 0 Å². The third-order valence-electron chi connectivity index (χ3n) is 16.3. The number of rotatable bonds is 6. The molecule has 8 rings (SSSR count). The number of halogens is 2. The van der Waals surface area contributed by atoms with Crippen molar-refractivity contribution < 1.29 is 37.7 Å². The maximum absolute atomic E-state index is 14.0. The molecule has 5 saturated carbocycles. The summed E-state index contributed by atoms with van der Waals surface area (Å²) in [7, 11) is 0. The van der Waals surface area contributed by atoms with Crippen LogP contribution in [0.5, 0.6) is 0 Å². The highest BCUT2D eigenvalue weighted by atomic mass is 19.1. The first kappa shape index (κ1) is 36.8. The SMILES string of the molecule is CC(=O)N(C[C]1C[C@@H](C)C2[C](O1)[C@H](O)[C@@]1(C)[C@@H]3CC[C@H]4C(C)(C)C(OC5CN(C(C)=O)CCO5)CC[C@@]45CC35CC[C@]21C)Cc1cc(F)cc(F)c1. The van der Waals surface area contributed by atoms with Gasteiger partial charge in [0.1, 0.15) is 23.8 Å². The standard InChI is InChI=1S/C42H58F2N2O6/c1-24-16-30(21-46(26(3)48)20-27-17-28(43)19-29(44)18-27)51-36-35(24)39(6)12-13-42-23-41(42)11-10-33(52-34-22-45(25(2)47)14-15-50-34)38(4,5)31(41)8-9-32(42)40(39,7)37(36)49/h17-19,24,31-35,37,49H,8-16,20-23H2,1-7H3/t24-,31+,32+,33?,34?,35?,37+,39-,40-,41-,42?/m1/s1. The number of aliphatic hydroxyl groups is 1. The first-order valence-electron chi connectivity index (χ1n) is 19.8. The number of hydrogen-bond donors (Lipinski definition) is 1. The molecule has 0 bridgehead atoms. The van der Waals surface area contributed by atoms with E-state index in [2.05, 4.69) is 34.6 Å². The zero-order valence-electron chi connectivity index (χ0n) is 32.1. The number of hydrogen-bond acceptors (Lipinski definition) is 6. The van der Waals surface area contributed by atoms with Gasteiger partial charge in [0, 0.05) is 44.3 Å². The van der Waals surface area contributed by atoms with Gasteiger partial charge in [-0.1, -0.05) is 34.6 Å². The molecule has 2 saturated heterocycles. The highest BCUT2D eigenvalue weighted by molar-refractivity contribution is 5.73. The van der Waals surface area contributed by atoms with E-state index in [0.717, 1.165) is 50.4 Å². The molecular formula is C42H58F2N2O6. The van der Waals surface area contributed by atoms with E-state index in [-0.39, 0.29) is 76.2 Å². The molecule has 7 fully saturated rings. The van der Waals surface area contributed by atoms with E-state index >= 15 is 0 Å². The van der Waals surface area contributed by atoms with Crippen molar-refractivity contribution in [2.24, 2.45) is 50.7 Å². The molecule has 5 aliphatic carbocycles. The number of aliphatic hydroxyl groups excluding tert-OH is 1. The summed E-state index contributed by atoms with van der Waals surface area (Å²) in [5.74, 6) is -0.272. The van der Waals surface area contributed by atoms with Crippen molar-refractivity contribution in [1.29, 1.82) is 0 Å². The average Bonchev–Trinajstić information content (AvgIpc) is 3.70. The van der Waals surface area contributed by atoms with Gasteiger partial charge >= 0.3 is 0 Å². The van der Waals surface area contributed by atoms with E-state index in [0.29, 0.717) is 43.5 Å². The summed E-state index contributed by atoms with van der Waals surface area (Å²) in [5, 5.41) is 12.6. The lowest BCUT2D eigenvalue weighted by Crippen LogP contribution is -2.60. The van der Waals surface area contributed by atoms with Gasteiger partial charge in [0.2, 0.25) is 11.8 Å². The van der Waals surface area contributed by atoms with Crippen LogP contribution in [0, 0.1) is 74.6 Å². The van der Waals surface area contributed by atoms with E-state index in [4.69, 9.17) is 14.2 Å². The van der Waals surface area contributed by atoms with Crippen LogP contribution in [0.1, 0.15) is 105 Å². The van der Waals surface area contributed by atoms with Crippen LogP contribution < -0.4 is 0 Å². The Bertz CT molecular complexity index is 1590. The Labute approximate surface area is 308 Å². The van der Waals surface area contributed by atoms with Gasteiger partial charge in [-0.2, -0.15) is 0 Å². The second-order valence-electron chi connectivity index (χ2n) is 18.9. The lowest BCUT2D eigenvalue weighted by molar-refractivity contribution is -0.247. The third-order valence-corrected chi connectivity index (χ3v) is 16.3. The molecule has 2 amide bonds. The molecule has 8 nitrogen and oxygen atoms in total. The van der Waals surface area contributed by atoms with Crippen LogP contribution in [-0.2, 0) is 30.3 Å². The molecule has 11 atom stereocenters. The minimum atomic E-state index is -0.722. The van der Waals surface area contributed by atoms with Gasteiger partial charge in [0.25, 0.3) is 0 Å². The van der Waals surface area contributed by atoms with Crippen molar-refractivity contribution in [2.45, 2.75) is 125 Å². The molecule has 1 aromatic rings. The van der Waals surface area contributed by atoms with Crippen molar-refractivity contribution in [2.75, 3.05) is 26.2 Å². The largest absolute Gasteiger partial charge is 0.389 e. The Morgan fingerprint density at radius 2 is 1.67 bits per heavy atom. The summed E-state index contributed by atoms with van der Waals surface area (Å²) in [6, 6.07) is 3.35.